The number of benzene rings is 2. The highest BCUT2D eigenvalue weighted by Crippen LogP contribution is 2.21. The van der Waals surface area contributed by atoms with E-state index in [0.717, 1.165) is 22.9 Å². The van der Waals surface area contributed by atoms with Gasteiger partial charge in [0.1, 0.15) is 12.4 Å². The van der Waals surface area contributed by atoms with E-state index in [1.165, 1.54) is 0 Å². The zero-order chi connectivity index (χ0) is 18.2. The van der Waals surface area contributed by atoms with Gasteiger partial charge in [-0.1, -0.05) is 12.1 Å². The summed E-state index contributed by atoms with van der Waals surface area (Å²) in [4.78, 5) is 23.9. The molecule has 0 saturated heterocycles. The molecule has 2 amide bonds. The van der Waals surface area contributed by atoms with E-state index in [1.54, 1.807) is 35.8 Å². The van der Waals surface area contributed by atoms with Gasteiger partial charge in [0.2, 0.25) is 0 Å². The highest BCUT2D eigenvalue weighted by Gasteiger charge is 2.09. The van der Waals surface area contributed by atoms with E-state index in [4.69, 9.17) is 9.94 Å². The van der Waals surface area contributed by atoms with Crippen LogP contribution in [0.1, 0.15) is 21.5 Å². The van der Waals surface area contributed by atoms with Crippen LogP contribution in [0.15, 0.2) is 47.4 Å². The van der Waals surface area contributed by atoms with Crippen molar-refractivity contribution in [2.45, 2.75) is 18.7 Å². The van der Waals surface area contributed by atoms with Crippen LogP contribution in [0.5, 0.6) is 5.75 Å². The van der Waals surface area contributed by atoms with Crippen LogP contribution in [0.4, 0.5) is 4.79 Å². The van der Waals surface area contributed by atoms with E-state index in [9.17, 15) is 9.59 Å². The van der Waals surface area contributed by atoms with Gasteiger partial charge in [-0.05, 0) is 67.1 Å². The summed E-state index contributed by atoms with van der Waals surface area (Å²) in [5, 5.41) is 10.8. The summed E-state index contributed by atoms with van der Waals surface area (Å²) in [5.41, 5.74) is 4.28. The molecule has 0 aliphatic heterocycles. The lowest BCUT2D eigenvalue weighted by Crippen LogP contribution is -2.28. The number of aryl methyl sites for hydroxylation is 1. The van der Waals surface area contributed by atoms with Gasteiger partial charge >= 0.3 is 5.24 Å². The Balaban J connectivity index is 1.78. The largest absolute Gasteiger partial charge is 0.492 e. The number of thioether (sulfide) groups is 1. The van der Waals surface area contributed by atoms with Crippen LogP contribution in [-0.2, 0) is 0 Å². The maximum atomic E-state index is 12.2. The minimum atomic E-state index is -0.553. The van der Waals surface area contributed by atoms with E-state index in [2.05, 4.69) is 5.32 Å². The maximum absolute atomic E-state index is 12.2. The third-order valence-electron chi connectivity index (χ3n) is 3.63. The van der Waals surface area contributed by atoms with Crippen molar-refractivity contribution in [1.82, 2.24) is 10.8 Å². The van der Waals surface area contributed by atoms with Crippen LogP contribution in [0.25, 0.3) is 0 Å². The Labute approximate surface area is 150 Å². The van der Waals surface area contributed by atoms with E-state index >= 15 is 0 Å². The normalized spacial score (nSPS) is 10.2. The van der Waals surface area contributed by atoms with Crippen LogP contribution >= 0.6 is 11.8 Å². The van der Waals surface area contributed by atoms with Gasteiger partial charge in [-0.15, -0.1) is 0 Å². The third-order valence-corrected chi connectivity index (χ3v) is 4.42. The fourth-order valence-electron chi connectivity index (χ4n) is 2.16. The Bertz CT molecular complexity index is 747. The Morgan fingerprint density at radius 2 is 1.84 bits per heavy atom. The number of hydroxylamine groups is 1. The highest BCUT2D eigenvalue weighted by atomic mass is 32.2. The zero-order valence-corrected chi connectivity index (χ0v) is 14.9. The molecule has 0 bridgehead atoms. The molecule has 2 aromatic rings. The number of ether oxygens (including phenoxy) is 1. The first-order valence-corrected chi connectivity index (χ1v) is 8.52. The lowest BCUT2D eigenvalue weighted by molar-refractivity contribution is 0.0946. The van der Waals surface area contributed by atoms with Crippen molar-refractivity contribution in [3.8, 4) is 5.75 Å². The lowest BCUT2D eigenvalue weighted by atomic mass is 10.0. The minimum absolute atomic E-state index is 0.119. The summed E-state index contributed by atoms with van der Waals surface area (Å²) < 4.78 is 5.56. The summed E-state index contributed by atoms with van der Waals surface area (Å²) in [6.45, 7) is 4.62. The van der Waals surface area contributed by atoms with Crippen LogP contribution in [0.3, 0.4) is 0 Å². The van der Waals surface area contributed by atoms with Crippen LogP contribution < -0.4 is 15.5 Å². The Hall–Kier alpha value is -2.51. The van der Waals surface area contributed by atoms with Crippen molar-refractivity contribution in [3.05, 3.63) is 59.2 Å². The molecular weight excluding hydrogens is 340 g/mol. The summed E-state index contributed by atoms with van der Waals surface area (Å²) >= 11 is 0.872. The Kier molecular flexibility index (Phi) is 6.85. The lowest BCUT2D eigenvalue weighted by Gasteiger charge is -2.10. The summed E-state index contributed by atoms with van der Waals surface area (Å²) in [5.74, 6) is 0.515. The third kappa shape index (κ3) is 5.51. The molecule has 0 spiro atoms. The van der Waals surface area contributed by atoms with Crippen LogP contribution in [0, 0.1) is 13.8 Å². The van der Waals surface area contributed by atoms with Gasteiger partial charge in [0, 0.05) is 10.5 Å². The number of nitrogens with one attached hydrogen (secondary N) is 2. The molecule has 0 saturated carbocycles. The average Bonchev–Trinajstić information content (AvgIpc) is 2.62. The first-order chi connectivity index (χ1) is 12.0. The zero-order valence-electron chi connectivity index (χ0n) is 14.0. The number of carbonyl (C=O) groups excluding carboxylic acids is 2. The highest BCUT2D eigenvalue weighted by molar-refractivity contribution is 8.13. The molecule has 7 heteroatoms. The molecule has 25 heavy (non-hydrogen) atoms. The molecule has 2 rings (SSSR count). The second-order valence-electron chi connectivity index (χ2n) is 5.32. The molecular formula is C18H20N2O4S. The van der Waals surface area contributed by atoms with Crippen molar-refractivity contribution in [1.29, 1.82) is 0 Å². The first-order valence-electron chi connectivity index (χ1n) is 7.70. The smallest absolute Gasteiger partial charge is 0.307 e. The van der Waals surface area contributed by atoms with Crippen molar-refractivity contribution < 1.29 is 19.5 Å². The molecule has 0 heterocycles. The summed E-state index contributed by atoms with van der Waals surface area (Å²) in [6.07, 6.45) is 0. The van der Waals surface area contributed by atoms with Gasteiger partial charge in [-0.3, -0.25) is 14.8 Å². The van der Waals surface area contributed by atoms with Gasteiger partial charge in [0.25, 0.3) is 5.91 Å². The molecule has 0 aliphatic rings. The van der Waals surface area contributed by atoms with Gasteiger partial charge < -0.3 is 10.1 Å². The number of rotatable bonds is 6. The first kappa shape index (κ1) is 18.8. The van der Waals surface area contributed by atoms with Gasteiger partial charge in [0.05, 0.1) is 6.54 Å². The molecule has 3 N–H and O–H groups in total. The van der Waals surface area contributed by atoms with Crippen molar-refractivity contribution in [2.24, 2.45) is 0 Å². The quantitative estimate of drug-likeness (QED) is 0.318. The van der Waals surface area contributed by atoms with Gasteiger partial charge in [0.15, 0.2) is 0 Å². The molecule has 0 atom stereocenters. The molecule has 0 fully saturated rings. The van der Waals surface area contributed by atoms with E-state index in [0.29, 0.717) is 29.4 Å². The van der Waals surface area contributed by atoms with Crippen LogP contribution in [0.2, 0.25) is 0 Å². The molecule has 0 aromatic heterocycles. The predicted octanol–water partition coefficient (Wildman–Crippen LogP) is 3.30. The number of amides is 2. The average molecular weight is 360 g/mol. The number of carbonyl (C=O) groups is 2. The number of hydrogen-bond acceptors (Lipinski definition) is 5. The standard InChI is InChI=1S/C18H20N2O4S/c1-12-4-3-5-16(13(12)2)17(21)19-10-11-24-14-6-8-15(9-7-14)25-18(22)20-23/h3-9,23H,10-11H2,1-2H3,(H,19,21)(H,20,22). The molecule has 2 aromatic carbocycles. The predicted molar refractivity (Wildman–Crippen MR) is 96.4 cm³/mol. The van der Waals surface area contributed by atoms with Gasteiger partial charge in [-0.2, -0.15) is 0 Å². The molecule has 0 unspecified atom stereocenters. The second kappa shape index (κ2) is 9.10. The molecule has 0 aliphatic carbocycles. The van der Waals surface area contributed by atoms with Crippen molar-refractivity contribution in [2.75, 3.05) is 13.2 Å². The molecule has 132 valence electrons. The maximum Gasteiger partial charge on any atom is 0.307 e. The SMILES string of the molecule is Cc1cccc(C(=O)NCCOc2ccc(SC(=O)NO)cc2)c1C. The summed E-state index contributed by atoms with van der Waals surface area (Å²) in [6, 6.07) is 12.5. The number of hydrogen-bond donors (Lipinski definition) is 3. The van der Waals surface area contributed by atoms with Gasteiger partial charge in [-0.25, -0.2) is 5.48 Å². The van der Waals surface area contributed by atoms with E-state index < -0.39 is 5.24 Å². The second-order valence-corrected chi connectivity index (χ2v) is 6.37. The molecule has 6 nitrogen and oxygen atoms in total. The minimum Gasteiger partial charge on any atom is -0.492 e. The van der Waals surface area contributed by atoms with Crippen molar-refractivity contribution in [3.63, 3.8) is 0 Å². The van der Waals surface area contributed by atoms with Crippen molar-refractivity contribution >= 4 is 22.9 Å². The van der Waals surface area contributed by atoms with Crippen LogP contribution in [-0.4, -0.2) is 29.5 Å². The Morgan fingerprint density at radius 3 is 2.52 bits per heavy atom. The fourth-order valence-corrected chi connectivity index (χ4v) is 2.69. The van der Waals surface area contributed by atoms with E-state index in [1.807, 2.05) is 26.0 Å². The Morgan fingerprint density at radius 1 is 1.12 bits per heavy atom. The summed E-state index contributed by atoms with van der Waals surface area (Å²) in [7, 11) is 0. The fraction of sp³-hybridized carbons (Fsp3) is 0.222. The molecule has 0 radical (unpaired) electrons. The monoisotopic (exact) mass is 360 g/mol. The topological polar surface area (TPSA) is 87.7 Å². The van der Waals surface area contributed by atoms with E-state index in [-0.39, 0.29) is 5.91 Å².